The van der Waals surface area contributed by atoms with Gasteiger partial charge in [-0.3, -0.25) is 4.79 Å². The fraction of sp³-hybridized carbons (Fsp3) is 0.238. The van der Waals surface area contributed by atoms with Crippen molar-refractivity contribution >= 4 is 55.7 Å². The second-order valence-electron chi connectivity index (χ2n) is 6.70. The molecule has 2 heterocycles. The van der Waals surface area contributed by atoms with E-state index >= 15 is 0 Å². The molecule has 0 aliphatic rings. The van der Waals surface area contributed by atoms with Crippen molar-refractivity contribution in [2.24, 2.45) is 0 Å². The number of anilines is 1. The van der Waals surface area contributed by atoms with Crippen LogP contribution in [0.25, 0.3) is 10.2 Å². The fourth-order valence-corrected chi connectivity index (χ4v) is 5.52. The Labute approximate surface area is 187 Å². The van der Waals surface area contributed by atoms with Crippen molar-refractivity contribution in [2.45, 2.75) is 23.8 Å². The van der Waals surface area contributed by atoms with Crippen LogP contribution >= 0.6 is 34.4 Å². The predicted octanol–water partition coefficient (Wildman–Crippen LogP) is 5.07. The van der Waals surface area contributed by atoms with Crippen LogP contribution in [0.1, 0.15) is 23.5 Å². The van der Waals surface area contributed by atoms with E-state index in [1.165, 1.54) is 28.7 Å². The molecule has 1 amide bonds. The second-order valence-corrected chi connectivity index (χ2v) is 9.96. The lowest BCUT2D eigenvalue weighted by Gasteiger charge is -2.22. The van der Waals surface area contributed by atoms with Gasteiger partial charge >= 0.3 is 0 Å². The Morgan fingerprint density at radius 3 is 2.67 bits per heavy atom. The maximum absolute atomic E-state index is 12.7. The van der Waals surface area contributed by atoms with Crippen molar-refractivity contribution in [3.8, 4) is 0 Å². The Morgan fingerprint density at radius 1 is 1.10 bits per heavy atom. The van der Waals surface area contributed by atoms with Gasteiger partial charge in [-0.1, -0.05) is 65.6 Å². The molecular weight excluding hydrogens is 434 g/mol. The minimum absolute atomic E-state index is 0.0424. The first-order valence-corrected chi connectivity index (χ1v) is 12.1. The molecule has 6 nitrogen and oxygen atoms in total. The quantitative estimate of drug-likeness (QED) is 0.374. The van der Waals surface area contributed by atoms with Crippen LogP contribution in [0.15, 0.2) is 58.9 Å². The second kappa shape index (κ2) is 9.55. The van der Waals surface area contributed by atoms with Crippen molar-refractivity contribution in [3.63, 3.8) is 0 Å². The van der Waals surface area contributed by atoms with E-state index in [2.05, 4.69) is 38.7 Å². The SMILES string of the molecule is C[C@@H](c1nc2ccccc2s1)N(C)C(=O)CSc1nnc(NCc2ccccc2)s1. The standard InChI is InChI=1S/C21H21N5OS3/c1-14(19-23-16-10-6-7-11-17(16)29-19)26(2)18(27)13-28-21-25-24-20(30-21)22-12-15-8-4-3-5-9-15/h3-11,14H,12-13H2,1-2H3,(H,22,24)/t14-/m0/s1. The number of nitrogens with one attached hydrogen (secondary N) is 1. The van der Waals surface area contributed by atoms with Crippen LogP contribution in [0.5, 0.6) is 0 Å². The minimum Gasteiger partial charge on any atom is -0.356 e. The van der Waals surface area contributed by atoms with Crippen molar-refractivity contribution in [1.29, 1.82) is 0 Å². The van der Waals surface area contributed by atoms with Crippen molar-refractivity contribution < 1.29 is 4.79 Å². The third kappa shape index (κ3) is 4.97. The van der Waals surface area contributed by atoms with Crippen LogP contribution in [-0.2, 0) is 11.3 Å². The van der Waals surface area contributed by atoms with Gasteiger partial charge in [-0.05, 0) is 24.6 Å². The van der Waals surface area contributed by atoms with E-state index in [9.17, 15) is 4.79 Å². The molecule has 0 aliphatic carbocycles. The van der Waals surface area contributed by atoms with Gasteiger partial charge in [-0.25, -0.2) is 4.98 Å². The normalized spacial score (nSPS) is 12.1. The summed E-state index contributed by atoms with van der Waals surface area (Å²) < 4.78 is 1.92. The van der Waals surface area contributed by atoms with Crippen LogP contribution in [0.4, 0.5) is 5.13 Å². The van der Waals surface area contributed by atoms with Crippen LogP contribution in [0.2, 0.25) is 0 Å². The molecule has 0 radical (unpaired) electrons. The predicted molar refractivity (Wildman–Crippen MR) is 125 cm³/mol. The third-order valence-electron chi connectivity index (χ3n) is 4.65. The molecule has 0 spiro atoms. The number of fused-ring (bicyclic) bond motifs is 1. The summed E-state index contributed by atoms with van der Waals surface area (Å²) in [4.78, 5) is 19.1. The molecule has 0 bridgehead atoms. The molecule has 4 rings (SSSR count). The van der Waals surface area contributed by atoms with Gasteiger partial charge in [0.25, 0.3) is 0 Å². The fourth-order valence-electron chi connectivity index (χ4n) is 2.79. The summed E-state index contributed by atoms with van der Waals surface area (Å²) in [5, 5.41) is 13.3. The first-order chi connectivity index (χ1) is 14.6. The molecule has 0 saturated carbocycles. The molecule has 154 valence electrons. The molecule has 2 aromatic carbocycles. The number of benzene rings is 2. The van der Waals surface area contributed by atoms with E-state index < -0.39 is 0 Å². The number of nitrogens with zero attached hydrogens (tertiary/aromatic N) is 4. The van der Waals surface area contributed by atoms with Gasteiger partial charge in [0.1, 0.15) is 5.01 Å². The molecule has 0 fully saturated rings. The first-order valence-electron chi connectivity index (χ1n) is 9.45. The number of aromatic nitrogens is 3. The average Bonchev–Trinajstić information content (AvgIpc) is 3.42. The van der Waals surface area contributed by atoms with E-state index in [0.717, 1.165) is 24.7 Å². The molecule has 1 N–H and O–H groups in total. The summed E-state index contributed by atoms with van der Waals surface area (Å²) >= 11 is 4.51. The van der Waals surface area contributed by atoms with Gasteiger partial charge in [0.15, 0.2) is 4.34 Å². The van der Waals surface area contributed by atoms with Gasteiger partial charge in [0.05, 0.1) is 22.0 Å². The lowest BCUT2D eigenvalue weighted by molar-refractivity contribution is -0.128. The van der Waals surface area contributed by atoms with E-state index in [0.29, 0.717) is 12.3 Å². The molecule has 9 heteroatoms. The van der Waals surface area contributed by atoms with Crippen LogP contribution < -0.4 is 5.32 Å². The number of hydrogen-bond acceptors (Lipinski definition) is 8. The lowest BCUT2D eigenvalue weighted by atomic mass is 10.2. The molecule has 4 aromatic rings. The minimum atomic E-state index is -0.0759. The maximum Gasteiger partial charge on any atom is 0.233 e. The molecule has 30 heavy (non-hydrogen) atoms. The monoisotopic (exact) mass is 455 g/mol. The zero-order chi connectivity index (χ0) is 20.9. The van der Waals surface area contributed by atoms with Gasteiger partial charge in [-0.2, -0.15) is 0 Å². The van der Waals surface area contributed by atoms with Crippen LogP contribution in [0, 0.1) is 0 Å². The largest absolute Gasteiger partial charge is 0.356 e. The summed E-state index contributed by atoms with van der Waals surface area (Å²) in [5.74, 6) is 0.361. The summed E-state index contributed by atoms with van der Waals surface area (Å²) in [5.41, 5.74) is 2.16. The highest BCUT2D eigenvalue weighted by Crippen LogP contribution is 2.30. The highest BCUT2D eigenvalue weighted by atomic mass is 32.2. The van der Waals surface area contributed by atoms with Gasteiger partial charge < -0.3 is 10.2 Å². The van der Waals surface area contributed by atoms with E-state index in [4.69, 9.17) is 0 Å². The summed E-state index contributed by atoms with van der Waals surface area (Å²) in [7, 11) is 1.83. The number of thioether (sulfide) groups is 1. The topological polar surface area (TPSA) is 71.0 Å². The van der Waals surface area contributed by atoms with Gasteiger partial charge in [-0.15, -0.1) is 21.5 Å². The summed E-state index contributed by atoms with van der Waals surface area (Å²) in [6, 6.07) is 18.1. The highest BCUT2D eigenvalue weighted by Gasteiger charge is 2.21. The van der Waals surface area contributed by atoms with Crippen molar-refractivity contribution in [1.82, 2.24) is 20.1 Å². The van der Waals surface area contributed by atoms with E-state index in [1.54, 1.807) is 16.2 Å². The molecule has 2 aromatic heterocycles. The molecule has 0 aliphatic heterocycles. The van der Waals surface area contributed by atoms with Gasteiger partial charge in [0.2, 0.25) is 11.0 Å². The zero-order valence-electron chi connectivity index (χ0n) is 16.6. The number of carbonyl (C=O) groups excluding carboxylic acids is 1. The number of amides is 1. The Kier molecular flexibility index (Phi) is 6.61. The van der Waals surface area contributed by atoms with E-state index in [1.807, 2.05) is 50.4 Å². The van der Waals surface area contributed by atoms with E-state index in [-0.39, 0.29) is 11.9 Å². The number of rotatable bonds is 8. The Bertz CT molecular complexity index is 1090. The lowest BCUT2D eigenvalue weighted by Crippen LogP contribution is -2.31. The Balaban J connectivity index is 1.30. The molecule has 0 saturated heterocycles. The molecular formula is C21H21N5OS3. The number of hydrogen-bond donors (Lipinski definition) is 1. The first kappa shape index (κ1) is 20.8. The van der Waals surface area contributed by atoms with Gasteiger partial charge in [0, 0.05) is 13.6 Å². The maximum atomic E-state index is 12.7. The average molecular weight is 456 g/mol. The molecule has 1 atom stereocenters. The van der Waals surface area contributed by atoms with Crippen LogP contribution in [-0.4, -0.2) is 38.8 Å². The van der Waals surface area contributed by atoms with Crippen molar-refractivity contribution in [2.75, 3.05) is 18.1 Å². The molecule has 0 unspecified atom stereocenters. The number of para-hydroxylation sites is 1. The number of carbonyl (C=O) groups is 1. The smallest absolute Gasteiger partial charge is 0.233 e. The summed E-state index contributed by atoms with van der Waals surface area (Å²) in [6.45, 7) is 2.71. The highest BCUT2D eigenvalue weighted by molar-refractivity contribution is 8.01. The zero-order valence-corrected chi connectivity index (χ0v) is 19.1. The van der Waals surface area contributed by atoms with Crippen LogP contribution in [0.3, 0.4) is 0 Å². The number of thiazole rings is 1. The Morgan fingerprint density at radius 2 is 1.87 bits per heavy atom. The Hall–Kier alpha value is -2.49. The third-order valence-corrected chi connectivity index (χ3v) is 7.86. The summed E-state index contributed by atoms with van der Waals surface area (Å²) in [6.07, 6.45) is 0. The van der Waals surface area contributed by atoms with Crippen molar-refractivity contribution in [3.05, 3.63) is 65.2 Å².